The molecule has 0 spiro atoms. The lowest BCUT2D eigenvalue weighted by Crippen LogP contribution is -1.96. The maximum absolute atomic E-state index is 5.86. The van der Waals surface area contributed by atoms with Gasteiger partial charge in [0.15, 0.2) is 6.61 Å². The molecule has 23 heavy (non-hydrogen) atoms. The van der Waals surface area contributed by atoms with Gasteiger partial charge in [0, 0.05) is 6.07 Å². The second-order valence-electron chi connectivity index (χ2n) is 5.42. The van der Waals surface area contributed by atoms with Crippen LogP contribution in [0.15, 0.2) is 59.3 Å². The van der Waals surface area contributed by atoms with Crippen LogP contribution in [0.5, 0.6) is 17.2 Å². The normalized spacial score (nSPS) is 10.7. The second-order valence-corrected chi connectivity index (χ2v) is 5.42. The van der Waals surface area contributed by atoms with Gasteiger partial charge in [-0.2, -0.15) is 0 Å². The number of benzene rings is 2. The molecule has 0 bridgehead atoms. The standard InChI is InChI=1S/C18H18N2O3/c1-13(2)14-6-8-15(9-7-14)23-17-5-3-4-16(10-17)21-11-18-20-19-12-22-18/h3-10,12-13H,11H2,1-2H3. The summed E-state index contributed by atoms with van der Waals surface area (Å²) in [7, 11) is 0. The molecule has 0 saturated carbocycles. The van der Waals surface area contributed by atoms with E-state index in [1.165, 1.54) is 12.0 Å². The van der Waals surface area contributed by atoms with Crippen LogP contribution in [-0.2, 0) is 6.61 Å². The number of aromatic nitrogens is 2. The molecule has 5 nitrogen and oxygen atoms in total. The predicted molar refractivity (Wildman–Crippen MR) is 85.7 cm³/mol. The Morgan fingerprint density at radius 2 is 1.78 bits per heavy atom. The smallest absolute Gasteiger partial charge is 0.253 e. The molecular weight excluding hydrogens is 292 g/mol. The molecule has 118 valence electrons. The lowest BCUT2D eigenvalue weighted by atomic mass is 10.0. The first-order valence-electron chi connectivity index (χ1n) is 7.46. The number of nitrogens with zero attached hydrogens (tertiary/aromatic N) is 2. The molecule has 0 amide bonds. The minimum Gasteiger partial charge on any atom is -0.484 e. The van der Waals surface area contributed by atoms with E-state index in [-0.39, 0.29) is 6.61 Å². The minimum absolute atomic E-state index is 0.229. The molecule has 0 radical (unpaired) electrons. The number of hydrogen-bond donors (Lipinski definition) is 0. The van der Waals surface area contributed by atoms with E-state index < -0.39 is 0 Å². The molecule has 0 saturated heterocycles. The molecule has 0 aliphatic heterocycles. The molecular formula is C18H18N2O3. The largest absolute Gasteiger partial charge is 0.484 e. The van der Waals surface area contributed by atoms with Crippen molar-refractivity contribution in [2.24, 2.45) is 0 Å². The molecule has 3 rings (SSSR count). The molecule has 0 aliphatic carbocycles. The van der Waals surface area contributed by atoms with Gasteiger partial charge in [-0.15, -0.1) is 10.2 Å². The molecule has 3 aromatic rings. The highest BCUT2D eigenvalue weighted by molar-refractivity contribution is 5.37. The van der Waals surface area contributed by atoms with Crippen LogP contribution in [0.3, 0.4) is 0 Å². The molecule has 1 aromatic heterocycles. The van der Waals surface area contributed by atoms with Crippen LogP contribution in [0.4, 0.5) is 0 Å². The monoisotopic (exact) mass is 310 g/mol. The molecule has 5 heteroatoms. The van der Waals surface area contributed by atoms with Gasteiger partial charge in [-0.25, -0.2) is 0 Å². The molecule has 0 atom stereocenters. The first-order valence-corrected chi connectivity index (χ1v) is 7.46. The Morgan fingerprint density at radius 3 is 2.48 bits per heavy atom. The topological polar surface area (TPSA) is 57.4 Å². The fourth-order valence-corrected chi connectivity index (χ4v) is 2.09. The number of rotatable bonds is 6. The zero-order valence-electron chi connectivity index (χ0n) is 13.1. The van der Waals surface area contributed by atoms with E-state index in [4.69, 9.17) is 13.9 Å². The molecule has 0 unspecified atom stereocenters. The maximum Gasteiger partial charge on any atom is 0.253 e. The van der Waals surface area contributed by atoms with E-state index >= 15 is 0 Å². The quantitative estimate of drug-likeness (QED) is 0.667. The van der Waals surface area contributed by atoms with Crippen molar-refractivity contribution in [1.29, 1.82) is 0 Å². The Kier molecular flexibility index (Phi) is 4.57. The average Bonchev–Trinajstić information content (AvgIpc) is 3.07. The first kappa shape index (κ1) is 15.1. The van der Waals surface area contributed by atoms with Crippen LogP contribution in [0.25, 0.3) is 0 Å². The summed E-state index contributed by atoms with van der Waals surface area (Å²) in [4.78, 5) is 0. The summed E-state index contributed by atoms with van der Waals surface area (Å²) < 4.78 is 16.5. The Hall–Kier alpha value is -2.82. The highest BCUT2D eigenvalue weighted by Crippen LogP contribution is 2.27. The van der Waals surface area contributed by atoms with Crippen molar-refractivity contribution in [1.82, 2.24) is 10.2 Å². The van der Waals surface area contributed by atoms with Crippen molar-refractivity contribution < 1.29 is 13.9 Å². The van der Waals surface area contributed by atoms with Crippen LogP contribution in [0.1, 0.15) is 31.2 Å². The van der Waals surface area contributed by atoms with Crippen molar-refractivity contribution in [3.63, 3.8) is 0 Å². The van der Waals surface area contributed by atoms with Crippen molar-refractivity contribution in [3.05, 3.63) is 66.4 Å². The van der Waals surface area contributed by atoms with E-state index in [1.807, 2.05) is 36.4 Å². The Balaban J connectivity index is 1.64. The average molecular weight is 310 g/mol. The molecule has 0 aliphatic rings. The third-order valence-electron chi connectivity index (χ3n) is 3.36. The molecule has 0 N–H and O–H groups in total. The van der Waals surface area contributed by atoms with Crippen molar-refractivity contribution in [2.45, 2.75) is 26.4 Å². The summed E-state index contributed by atoms with van der Waals surface area (Å²) in [6.45, 7) is 4.56. The first-order chi connectivity index (χ1) is 11.2. The van der Waals surface area contributed by atoms with Gasteiger partial charge >= 0.3 is 0 Å². The lowest BCUT2D eigenvalue weighted by molar-refractivity contribution is 0.262. The molecule has 2 aromatic carbocycles. The van der Waals surface area contributed by atoms with Gasteiger partial charge in [0.2, 0.25) is 6.39 Å². The van der Waals surface area contributed by atoms with E-state index in [0.29, 0.717) is 23.3 Å². The Bertz CT molecular complexity index is 737. The second kappa shape index (κ2) is 6.96. The fraction of sp³-hybridized carbons (Fsp3) is 0.222. The van der Waals surface area contributed by atoms with Crippen molar-refractivity contribution >= 4 is 0 Å². The van der Waals surface area contributed by atoms with Gasteiger partial charge in [0.25, 0.3) is 5.89 Å². The van der Waals surface area contributed by atoms with Gasteiger partial charge in [0.05, 0.1) is 0 Å². The zero-order valence-corrected chi connectivity index (χ0v) is 13.1. The van der Waals surface area contributed by atoms with Crippen LogP contribution < -0.4 is 9.47 Å². The van der Waals surface area contributed by atoms with Crippen LogP contribution in [0, 0.1) is 0 Å². The lowest BCUT2D eigenvalue weighted by Gasteiger charge is -2.10. The number of hydrogen-bond acceptors (Lipinski definition) is 5. The summed E-state index contributed by atoms with van der Waals surface area (Å²) in [5.74, 6) is 3.12. The summed E-state index contributed by atoms with van der Waals surface area (Å²) in [6.07, 6.45) is 1.28. The molecule has 0 fully saturated rings. The van der Waals surface area contributed by atoms with Gasteiger partial charge in [-0.3, -0.25) is 0 Å². The van der Waals surface area contributed by atoms with Crippen molar-refractivity contribution in [2.75, 3.05) is 0 Å². The SMILES string of the molecule is CC(C)c1ccc(Oc2cccc(OCc3nnco3)c2)cc1. The van der Waals surface area contributed by atoms with E-state index in [1.54, 1.807) is 0 Å². The van der Waals surface area contributed by atoms with E-state index in [0.717, 1.165) is 5.75 Å². The van der Waals surface area contributed by atoms with Gasteiger partial charge in [-0.1, -0.05) is 32.0 Å². The van der Waals surface area contributed by atoms with Gasteiger partial charge < -0.3 is 13.9 Å². The summed E-state index contributed by atoms with van der Waals surface area (Å²) >= 11 is 0. The molecule has 1 heterocycles. The van der Waals surface area contributed by atoms with E-state index in [2.05, 4.69) is 36.2 Å². The van der Waals surface area contributed by atoms with Crippen LogP contribution in [0.2, 0.25) is 0 Å². The van der Waals surface area contributed by atoms with Crippen LogP contribution >= 0.6 is 0 Å². The zero-order chi connectivity index (χ0) is 16.1. The highest BCUT2D eigenvalue weighted by atomic mass is 16.5. The highest BCUT2D eigenvalue weighted by Gasteiger charge is 2.04. The third kappa shape index (κ3) is 4.10. The van der Waals surface area contributed by atoms with Gasteiger partial charge in [0.1, 0.15) is 17.2 Å². The number of ether oxygens (including phenoxy) is 2. The summed E-state index contributed by atoms with van der Waals surface area (Å²) in [5.41, 5.74) is 1.29. The summed E-state index contributed by atoms with van der Waals surface area (Å²) in [5, 5.41) is 7.38. The summed E-state index contributed by atoms with van der Waals surface area (Å²) in [6, 6.07) is 15.5. The Labute approximate surface area is 134 Å². The fourth-order valence-electron chi connectivity index (χ4n) is 2.09. The maximum atomic E-state index is 5.86. The van der Waals surface area contributed by atoms with Crippen molar-refractivity contribution in [3.8, 4) is 17.2 Å². The van der Waals surface area contributed by atoms with Crippen LogP contribution in [-0.4, -0.2) is 10.2 Å². The van der Waals surface area contributed by atoms with Gasteiger partial charge in [-0.05, 0) is 35.7 Å². The van der Waals surface area contributed by atoms with E-state index in [9.17, 15) is 0 Å². The minimum atomic E-state index is 0.229. The Morgan fingerprint density at radius 1 is 1.00 bits per heavy atom. The third-order valence-corrected chi connectivity index (χ3v) is 3.36. The predicted octanol–water partition coefficient (Wildman–Crippen LogP) is 4.56.